The lowest BCUT2D eigenvalue weighted by Gasteiger charge is -2.19. The second-order valence-corrected chi connectivity index (χ2v) is 5.20. The van der Waals surface area contributed by atoms with Crippen LogP contribution in [0.5, 0.6) is 0 Å². The molecule has 1 fully saturated rings. The van der Waals surface area contributed by atoms with Crippen molar-refractivity contribution in [3.05, 3.63) is 15.8 Å². The number of rotatable bonds is 3. The highest BCUT2D eigenvalue weighted by Gasteiger charge is 2.32. The molecular formula is C11H16N2OS. The molecule has 2 N–H and O–H groups in total. The van der Waals surface area contributed by atoms with E-state index in [-0.39, 0.29) is 5.91 Å². The monoisotopic (exact) mass is 224 g/mol. The summed E-state index contributed by atoms with van der Waals surface area (Å²) >= 11 is 1.50. The normalized spacial score (nSPS) is 15.3. The van der Waals surface area contributed by atoms with Crippen LogP contribution in [0.4, 0.5) is 5.69 Å². The summed E-state index contributed by atoms with van der Waals surface area (Å²) in [6, 6.07) is 2.28. The van der Waals surface area contributed by atoms with E-state index in [1.807, 2.05) is 18.7 Å². The first-order valence-corrected chi connectivity index (χ1v) is 6.12. The van der Waals surface area contributed by atoms with Crippen molar-refractivity contribution in [3.63, 3.8) is 0 Å². The molecule has 0 unspecified atom stereocenters. The van der Waals surface area contributed by atoms with Gasteiger partial charge in [0.15, 0.2) is 0 Å². The molecule has 1 aliphatic rings. The highest BCUT2D eigenvalue weighted by Crippen LogP contribution is 2.31. The van der Waals surface area contributed by atoms with Gasteiger partial charge in [0.2, 0.25) is 0 Å². The lowest BCUT2D eigenvalue weighted by molar-refractivity contribution is 0.0757. The molecule has 82 valence electrons. The molecule has 3 nitrogen and oxygen atoms in total. The van der Waals surface area contributed by atoms with Crippen LogP contribution in [0.3, 0.4) is 0 Å². The zero-order chi connectivity index (χ0) is 11.0. The number of aryl methyl sites for hydroxylation is 1. The quantitative estimate of drug-likeness (QED) is 0.856. The van der Waals surface area contributed by atoms with Crippen molar-refractivity contribution in [1.82, 2.24) is 4.90 Å². The minimum absolute atomic E-state index is 0.143. The number of hydrogen-bond acceptors (Lipinski definition) is 3. The molecule has 1 aromatic rings. The fraction of sp³-hybridized carbons (Fsp3) is 0.545. The third kappa shape index (κ3) is 2.00. The molecule has 2 rings (SSSR count). The van der Waals surface area contributed by atoms with Gasteiger partial charge in [0.05, 0.1) is 4.88 Å². The van der Waals surface area contributed by atoms with Crippen LogP contribution in [0.2, 0.25) is 0 Å². The maximum Gasteiger partial charge on any atom is 0.264 e. The second kappa shape index (κ2) is 3.85. The SMILES string of the molecule is CCN(C(=O)c1cc(N)c(C)s1)C1CC1. The number of amides is 1. The molecule has 1 amide bonds. The third-order valence-electron chi connectivity index (χ3n) is 2.76. The van der Waals surface area contributed by atoms with E-state index in [1.54, 1.807) is 6.07 Å². The molecule has 4 heteroatoms. The first-order valence-electron chi connectivity index (χ1n) is 5.30. The Bertz CT molecular complexity index is 362. The largest absolute Gasteiger partial charge is 0.398 e. The number of nitrogens with two attached hydrogens (primary N) is 1. The van der Waals surface area contributed by atoms with E-state index in [0.29, 0.717) is 6.04 Å². The molecule has 0 aliphatic heterocycles. The second-order valence-electron chi connectivity index (χ2n) is 3.94. The van der Waals surface area contributed by atoms with E-state index in [2.05, 4.69) is 0 Å². The molecule has 1 aromatic heterocycles. The standard InChI is InChI=1S/C11H16N2OS/c1-3-13(8-4-5-8)11(14)10-6-9(12)7(2)15-10/h6,8H,3-5,12H2,1-2H3. The molecule has 0 atom stereocenters. The Hall–Kier alpha value is -1.03. The highest BCUT2D eigenvalue weighted by atomic mass is 32.1. The summed E-state index contributed by atoms with van der Waals surface area (Å²) in [6.07, 6.45) is 2.30. The zero-order valence-corrected chi connectivity index (χ0v) is 9.93. The van der Waals surface area contributed by atoms with Crippen LogP contribution in [-0.2, 0) is 0 Å². The number of carbonyl (C=O) groups is 1. The molecule has 1 saturated carbocycles. The Kier molecular flexibility index (Phi) is 2.69. The van der Waals surface area contributed by atoms with Crippen LogP contribution in [0.25, 0.3) is 0 Å². The fourth-order valence-corrected chi connectivity index (χ4v) is 2.59. The van der Waals surface area contributed by atoms with Crippen LogP contribution in [0, 0.1) is 6.92 Å². The van der Waals surface area contributed by atoms with Crippen LogP contribution in [0.15, 0.2) is 6.07 Å². The molecule has 0 saturated heterocycles. The summed E-state index contributed by atoms with van der Waals surface area (Å²) in [7, 11) is 0. The van der Waals surface area contributed by atoms with Crippen molar-refractivity contribution in [3.8, 4) is 0 Å². The van der Waals surface area contributed by atoms with Gasteiger partial charge in [0.25, 0.3) is 5.91 Å². The van der Waals surface area contributed by atoms with Gasteiger partial charge in [-0.3, -0.25) is 4.79 Å². The molecular weight excluding hydrogens is 208 g/mol. The van der Waals surface area contributed by atoms with E-state index in [0.717, 1.165) is 34.8 Å². The van der Waals surface area contributed by atoms with Gasteiger partial charge in [-0.25, -0.2) is 0 Å². The molecule has 0 bridgehead atoms. The minimum Gasteiger partial charge on any atom is -0.398 e. The van der Waals surface area contributed by atoms with Crippen LogP contribution in [0.1, 0.15) is 34.3 Å². The average molecular weight is 224 g/mol. The third-order valence-corrected chi connectivity index (χ3v) is 3.81. The Morgan fingerprint density at radius 2 is 2.33 bits per heavy atom. The summed E-state index contributed by atoms with van der Waals surface area (Å²) < 4.78 is 0. The molecule has 1 aliphatic carbocycles. The number of hydrogen-bond donors (Lipinski definition) is 1. The van der Waals surface area contributed by atoms with E-state index in [4.69, 9.17) is 5.73 Å². The zero-order valence-electron chi connectivity index (χ0n) is 9.12. The van der Waals surface area contributed by atoms with Crippen LogP contribution in [-0.4, -0.2) is 23.4 Å². The first kappa shape index (κ1) is 10.5. The maximum atomic E-state index is 12.1. The van der Waals surface area contributed by atoms with Gasteiger partial charge >= 0.3 is 0 Å². The summed E-state index contributed by atoms with van der Waals surface area (Å²) in [5, 5.41) is 0. The fourth-order valence-electron chi connectivity index (χ4n) is 1.70. The smallest absolute Gasteiger partial charge is 0.264 e. The number of nitrogens with zero attached hydrogens (tertiary/aromatic N) is 1. The van der Waals surface area contributed by atoms with Crippen molar-refractivity contribution in [1.29, 1.82) is 0 Å². The summed E-state index contributed by atoms with van der Waals surface area (Å²) in [5.41, 5.74) is 6.48. The highest BCUT2D eigenvalue weighted by molar-refractivity contribution is 7.14. The van der Waals surface area contributed by atoms with Gasteiger partial charge in [0.1, 0.15) is 0 Å². The Balaban J connectivity index is 2.18. The number of nitrogen functional groups attached to an aromatic ring is 1. The summed E-state index contributed by atoms with van der Waals surface area (Å²) in [6.45, 7) is 4.77. The van der Waals surface area contributed by atoms with E-state index in [9.17, 15) is 4.79 Å². The lowest BCUT2D eigenvalue weighted by Crippen LogP contribution is -2.32. The maximum absolute atomic E-state index is 12.1. The molecule has 0 spiro atoms. The van der Waals surface area contributed by atoms with Crippen molar-refractivity contribution in [2.24, 2.45) is 0 Å². The molecule has 0 aromatic carbocycles. The van der Waals surface area contributed by atoms with Crippen LogP contribution >= 0.6 is 11.3 Å². The topological polar surface area (TPSA) is 46.3 Å². The Morgan fingerprint density at radius 1 is 1.67 bits per heavy atom. The van der Waals surface area contributed by atoms with Gasteiger partial charge in [-0.2, -0.15) is 0 Å². The molecule has 0 radical (unpaired) electrons. The number of anilines is 1. The van der Waals surface area contributed by atoms with Crippen molar-refractivity contribution in [2.45, 2.75) is 32.7 Å². The van der Waals surface area contributed by atoms with Crippen LogP contribution < -0.4 is 5.73 Å². The van der Waals surface area contributed by atoms with E-state index >= 15 is 0 Å². The van der Waals surface area contributed by atoms with Crippen molar-refractivity contribution >= 4 is 22.9 Å². The summed E-state index contributed by atoms with van der Waals surface area (Å²) in [5.74, 6) is 0.143. The lowest BCUT2D eigenvalue weighted by atomic mass is 10.3. The minimum atomic E-state index is 0.143. The van der Waals surface area contributed by atoms with E-state index in [1.165, 1.54) is 11.3 Å². The van der Waals surface area contributed by atoms with Gasteiger partial charge in [-0.15, -0.1) is 11.3 Å². The van der Waals surface area contributed by atoms with Gasteiger partial charge in [0, 0.05) is 23.2 Å². The van der Waals surface area contributed by atoms with Crippen molar-refractivity contribution < 1.29 is 4.79 Å². The Labute approximate surface area is 93.9 Å². The van der Waals surface area contributed by atoms with E-state index < -0.39 is 0 Å². The Morgan fingerprint density at radius 3 is 2.73 bits per heavy atom. The molecule has 1 heterocycles. The predicted molar refractivity (Wildman–Crippen MR) is 63.2 cm³/mol. The number of carbonyl (C=O) groups excluding carboxylic acids is 1. The van der Waals surface area contributed by atoms with Gasteiger partial charge < -0.3 is 10.6 Å². The van der Waals surface area contributed by atoms with Gasteiger partial charge in [-0.05, 0) is 32.8 Å². The first-order chi connectivity index (χ1) is 7.13. The van der Waals surface area contributed by atoms with Crippen molar-refractivity contribution in [2.75, 3.05) is 12.3 Å². The average Bonchev–Trinajstić information content (AvgIpc) is 2.96. The molecule has 15 heavy (non-hydrogen) atoms. The predicted octanol–water partition coefficient (Wildman–Crippen LogP) is 2.26. The summed E-state index contributed by atoms with van der Waals surface area (Å²) in [4.78, 5) is 15.9. The number of thiophene rings is 1. The van der Waals surface area contributed by atoms with Gasteiger partial charge in [-0.1, -0.05) is 0 Å².